The van der Waals surface area contributed by atoms with Crippen molar-refractivity contribution in [2.24, 2.45) is 0 Å². The first-order valence-electron chi connectivity index (χ1n) is 9.32. The minimum absolute atomic E-state index is 0.201. The van der Waals surface area contributed by atoms with Crippen molar-refractivity contribution in [2.45, 2.75) is 39.0 Å². The Hall–Kier alpha value is -3.09. The molecule has 0 aromatic carbocycles. The Balaban J connectivity index is 1.62. The fourth-order valence-corrected chi connectivity index (χ4v) is 3.39. The van der Waals surface area contributed by atoms with Gasteiger partial charge < -0.3 is 21.1 Å². The number of ether oxygens (including phenoxy) is 1. The van der Waals surface area contributed by atoms with Gasteiger partial charge in [0.1, 0.15) is 11.4 Å². The first-order chi connectivity index (χ1) is 14.4. The Morgan fingerprint density at radius 3 is 2.65 bits per heavy atom. The lowest BCUT2D eigenvalue weighted by molar-refractivity contribution is -0.137. The summed E-state index contributed by atoms with van der Waals surface area (Å²) in [6.45, 7) is 6.28. The van der Waals surface area contributed by atoms with Crippen LogP contribution >= 0.6 is 11.3 Å². The van der Waals surface area contributed by atoms with Gasteiger partial charge in [0, 0.05) is 24.8 Å². The van der Waals surface area contributed by atoms with E-state index in [0.29, 0.717) is 35.3 Å². The van der Waals surface area contributed by atoms with E-state index in [0.717, 1.165) is 6.07 Å². The normalized spacial score (nSPS) is 12.2. The molecular weight excluding hydrogens is 435 g/mol. The number of halogens is 3. The van der Waals surface area contributed by atoms with E-state index in [2.05, 4.69) is 25.7 Å². The number of nitrogens with zero attached hydrogens (tertiary/aromatic N) is 4. The number of alkyl halides is 3. The Labute approximate surface area is 179 Å². The van der Waals surface area contributed by atoms with Gasteiger partial charge in [0.05, 0.1) is 17.5 Å². The topological polar surface area (TPSA) is 119 Å². The summed E-state index contributed by atoms with van der Waals surface area (Å²) in [6, 6.07) is 0.931. The van der Waals surface area contributed by atoms with Gasteiger partial charge in [-0.05, 0) is 33.3 Å². The maximum atomic E-state index is 13.1. The average Bonchev–Trinajstić information content (AvgIpc) is 3.19. The molecule has 3 aromatic heterocycles. The molecule has 3 rings (SSSR count). The zero-order chi connectivity index (χ0) is 22.8. The second-order valence-corrected chi connectivity index (χ2v) is 8.56. The molecule has 0 aliphatic heterocycles. The Morgan fingerprint density at radius 1 is 1.23 bits per heavy atom. The number of carbonyl (C=O) groups excluding carboxylic acids is 1. The van der Waals surface area contributed by atoms with E-state index in [4.69, 9.17) is 10.5 Å². The zero-order valence-electron chi connectivity index (χ0n) is 17.1. The average molecular weight is 457 g/mol. The summed E-state index contributed by atoms with van der Waals surface area (Å²) in [7, 11) is 0. The van der Waals surface area contributed by atoms with Crippen LogP contribution < -0.4 is 16.4 Å². The van der Waals surface area contributed by atoms with Crippen molar-refractivity contribution in [3.8, 4) is 11.3 Å². The second kappa shape index (κ2) is 8.57. The van der Waals surface area contributed by atoms with Gasteiger partial charge in [-0.2, -0.15) is 13.2 Å². The van der Waals surface area contributed by atoms with Crippen LogP contribution in [-0.2, 0) is 10.9 Å². The summed E-state index contributed by atoms with van der Waals surface area (Å²) >= 11 is 1.25. The SMILES string of the molecule is CC(C)(C)OC(=O)NCCCNc1nn2c(-c3cnc(N)c(C(F)(F)F)c3)cnc2s1. The van der Waals surface area contributed by atoms with Crippen molar-refractivity contribution in [3.63, 3.8) is 0 Å². The molecule has 168 valence electrons. The molecule has 0 bridgehead atoms. The van der Waals surface area contributed by atoms with Crippen LogP contribution in [0.5, 0.6) is 0 Å². The van der Waals surface area contributed by atoms with E-state index >= 15 is 0 Å². The molecule has 3 aromatic rings. The van der Waals surface area contributed by atoms with Crippen LogP contribution in [0.2, 0.25) is 0 Å². The molecule has 4 N–H and O–H groups in total. The third-order valence-electron chi connectivity index (χ3n) is 3.90. The molecule has 0 fully saturated rings. The molecule has 1 amide bonds. The van der Waals surface area contributed by atoms with Crippen molar-refractivity contribution in [1.29, 1.82) is 0 Å². The van der Waals surface area contributed by atoms with Crippen LogP contribution in [0.15, 0.2) is 18.5 Å². The van der Waals surface area contributed by atoms with Gasteiger partial charge in [-0.15, -0.1) is 5.10 Å². The number of hydrogen-bond donors (Lipinski definition) is 3. The van der Waals surface area contributed by atoms with Crippen molar-refractivity contribution >= 4 is 33.3 Å². The molecule has 0 saturated heterocycles. The number of alkyl carbamates (subject to hydrolysis) is 1. The molecule has 0 saturated carbocycles. The number of pyridine rings is 1. The van der Waals surface area contributed by atoms with Crippen LogP contribution in [0.1, 0.15) is 32.8 Å². The lowest BCUT2D eigenvalue weighted by Crippen LogP contribution is -2.33. The molecule has 0 aliphatic carbocycles. The predicted molar refractivity (Wildman–Crippen MR) is 111 cm³/mol. The predicted octanol–water partition coefficient (Wildman–Crippen LogP) is 3.78. The van der Waals surface area contributed by atoms with Crippen molar-refractivity contribution < 1.29 is 22.7 Å². The number of hydrogen-bond acceptors (Lipinski definition) is 8. The summed E-state index contributed by atoms with van der Waals surface area (Å²) in [5.41, 5.74) is 4.36. The largest absolute Gasteiger partial charge is 0.444 e. The van der Waals surface area contributed by atoms with Gasteiger partial charge in [-0.3, -0.25) is 0 Å². The Morgan fingerprint density at radius 2 is 1.97 bits per heavy atom. The van der Waals surface area contributed by atoms with Crippen LogP contribution in [0.4, 0.5) is 28.9 Å². The van der Waals surface area contributed by atoms with Crippen LogP contribution in [-0.4, -0.2) is 44.4 Å². The molecule has 0 radical (unpaired) electrons. The monoisotopic (exact) mass is 457 g/mol. The first kappa shape index (κ1) is 22.6. The number of rotatable bonds is 6. The summed E-state index contributed by atoms with van der Waals surface area (Å²) < 4.78 is 46.0. The number of fused-ring (bicyclic) bond motifs is 1. The highest BCUT2D eigenvalue weighted by Crippen LogP contribution is 2.35. The minimum atomic E-state index is -4.61. The molecule has 13 heteroatoms. The van der Waals surface area contributed by atoms with E-state index in [1.54, 1.807) is 20.8 Å². The highest BCUT2D eigenvalue weighted by molar-refractivity contribution is 7.20. The lowest BCUT2D eigenvalue weighted by Gasteiger charge is -2.19. The number of carbonyl (C=O) groups is 1. The molecule has 0 unspecified atom stereocenters. The highest BCUT2D eigenvalue weighted by Gasteiger charge is 2.34. The fraction of sp³-hybridized carbons (Fsp3) is 0.444. The van der Waals surface area contributed by atoms with Gasteiger partial charge in [-0.1, -0.05) is 11.3 Å². The first-order valence-corrected chi connectivity index (χ1v) is 10.1. The van der Waals surface area contributed by atoms with Crippen LogP contribution in [0.25, 0.3) is 16.2 Å². The van der Waals surface area contributed by atoms with Crippen molar-refractivity contribution in [2.75, 3.05) is 24.1 Å². The summed E-state index contributed by atoms with van der Waals surface area (Å²) in [4.78, 5) is 20.0. The third-order valence-corrected chi connectivity index (χ3v) is 4.78. The molecule has 3 heterocycles. The minimum Gasteiger partial charge on any atom is -0.444 e. The molecule has 9 nitrogen and oxygen atoms in total. The summed E-state index contributed by atoms with van der Waals surface area (Å²) in [5.74, 6) is -0.586. The van der Waals surface area contributed by atoms with Gasteiger partial charge in [-0.25, -0.2) is 19.3 Å². The maximum Gasteiger partial charge on any atom is 0.419 e. The Bertz CT molecular complexity index is 1070. The molecule has 31 heavy (non-hydrogen) atoms. The summed E-state index contributed by atoms with van der Waals surface area (Å²) in [6.07, 6.45) is -1.80. The van der Waals surface area contributed by atoms with Gasteiger partial charge in [0.2, 0.25) is 10.1 Å². The molecular formula is C18H22F3N7O2S. The van der Waals surface area contributed by atoms with E-state index < -0.39 is 29.3 Å². The van der Waals surface area contributed by atoms with Gasteiger partial charge >= 0.3 is 12.3 Å². The number of amides is 1. The fourth-order valence-electron chi connectivity index (χ4n) is 2.59. The number of aromatic nitrogens is 4. The van der Waals surface area contributed by atoms with E-state index in [-0.39, 0.29) is 5.56 Å². The maximum absolute atomic E-state index is 13.1. The van der Waals surface area contributed by atoms with Gasteiger partial charge in [0.15, 0.2) is 0 Å². The quantitative estimate of drug-likeness (QED) is 0.482. The number of nitrogens with two attached hydrogens (primary N) is 1. The third kappa shape index (κ3) is 5.75. The number of imidazole rings is 1. The molecule has 0 atom stereocenters. The van der Waals surface area contributed by atoms with E-state index in [9.17, 15) is 18.0 Å². The lowest BCUT2D eigenvalue weighted by atomic mass is 10.1. The summed E-state index contributed by atoms with van der Waals surface area (Å²) in [5, 5.41) is 10.7. The van der Waals surface area contributed by atoms with E-state index in [1.165, 1.54) is 28.2 Å². The van der Waals surface area contributed by atoms with Crippen molar-refractivity contribution in [1.82, 2.24) is 24.9 Å². The van der Waals surface area contributed by atoms with E-state index in [1.807, 2.05) is 0 Å². The number of nitrogens with one attached hydrogen (secondary N) is 2. The highest BCUT2D eigenvalue weighted by atomic mass is 32.1. The van der Waals surface area contributed by atoms with Crippen LogP contribution in [0, 0.1) is 0 Å². The number of anilines is 2. The standard InChI is InChI=1S/C18H22F3N7O2S/c1-17(2,3)30-16(29)24-6-4-5-23-14-27-28-12(9-26-15(28)31-14)10-7-11(18(19,20)21)13(22)25-8-10/h7-9H,4-6H2,1-3H3,(H2,22,25)(H,23,27)(H,24,29). The number of nitrogen functional groups attached to an aromatic ring is 1. The smallest absolute Gasteiger partial charge is 0.419 e. The van der Waals surface area contributed by atoms with Gasteiger partial charge in [0.25, 0.3) is 0 Å². The van der Waals surface area contributed by atoms with Crippen LogP contribution in [0.3, 0.4) is 0 Å². The van der Waals surface area contributed by atoms with Crippen molar-refractivity contribution in [3.05, 3.63) is 24.0 Å². The Kier molecular flexibility index (Phi) is 6.25. The zero-order valence-corrected chi connectivity index (χ0v) is 17.9. The molecule has 0 spiro atoms. The second-order valence-electron chi connectivity index (χ2n) is 7.61. The molecule has 0 aliphatic rings.